The van der Waals surface area contributed by atoms with E-state index in [9.17, 15) is 13.2 Å². The first kappa shape index (κ1) is 22.9. The van der Waals surface area contributed by atoms with Gasteiger partial charge < -0.3 is 14.4 Å². The lowest BCUT2D eigenvalue weighted by atomic mass is 9.98. The van der Waals surface area contributed by atoms with Crippen LogP contribution in [0.5, 0.6) is 11.5 Å². The molecule has 0 atom stereocenters. The van der Waals surface area contributed by atoms with Gasteiger partial charge in [-0.1, -0.05) is 24.3 Å². The number of fused-ring (bicyclic) bond motifs is 2. The van der Waals surface area contributed by atoms with Crippen LogP contribution in [0.4, 0.5) is 0 Å². The minimum absolute atomic E-state index is 0.165. The number of amides is 1. The number of benzene rings is 2. The maximum Gasteiger partial charge on any atom is 0.255 e. The summed E-state index contributed by atoms with van der Waals surface area (Å²) in [6, 6.07) is 13.3. The molecular weight excluding hydrogens is 472 g/mol. The Morgan fingerprint density at radius 3 is 2.29 bits per heavy atom. The molecule has 1 amide bonds. The lowest BCUT2D eigenvalue weighted by molar-refractivity contribution is 0.0735. The minimum Gasteiger partial charge on any atom is -0.493 e. The van der Waals surface area contributed by atoms with Gasteiger partial charge in [-0.15, -0.1) is 11.3 Å². The SMILES string of the molecule is COc1cc2c(cc1OC)CN(C(=O)c1csc(S(=O)(=O)N3CCc4ccccc4C3)c1)CC2. The summed E-state index contributed by atoms with van der Waals surface area (Å²) in [6.07, 6.45) is 1.39. The van der Waals surface area contributed by atoms with Crippen molar-refractivity contribution in [3.05, 3.63) is 75.7 Å². The number of methoxy groups -OCH3 is 2. The first-order chi connectivity index (χ1) is 16.4. The Hall–Kier alpha value is -2.88. The number of ether oxygens (including phenoxy) is 2. The van der Waals surface area contributed by atoms with Crippen LogP contribution in [0, 0.1) is 0 Å². The first-order valence-corrected chi connectivity index (χ1v) is 13.4. The lowest BCUT2D eigenvalue weighted by Crippen LogP contribution is -2.36. The number of thiophene rings is 1. The third-order valence-corrected chi connectivity index (χ3v) is 9.78. The predicted molar refractivity (Wildman–Crippen MR) is 130 cm³/mol. The monoisotopic (exact) mass is 498 g/mol. The highest BCUT2D eigenvalue weighted by Gasteiger charge is 2.31. The maximum atomic E-state index is 13.3. The second-order valence-corrected chi connectivity index (χ2v) is 11.5. The zero-order chi connectivity index (χ0) is 23.9. The highest BCUT2D eigenvalue weighted by atomic mass is 32.2. The Bertz CT molecular complexity index is 1350. The van der Waals surface area contributed by atoms with E-state index < -0.39 is 10.0 Å². The Balaban J connectivity index is 1.33. The zero-order valence-corrected chi connectivity index (χ0v) is 20.7. The van der Waals surface area contributed by atoms with Crippen LogP contribution >= 0.6 is 11.3 Å². The summed E-state index contributed by atoms with van der Waals surface area (Å²) < 4.78 is 39.1. The zero-order valence-electron chi connectivity index (χ0n) is 19.1. The highest BCUT2D eigenvalue weighted by molar-refractivity contribution is 7.91. The van der Waals surface area contributed by atoms with Gasteiger partial charge in [0.2, 0.25) is 0 Å². The molecule has 2 aliphatic heterocycles. The van der Waals surface area contributed by atoms with Crippen LogP contribution in [0.1, 0.15) is 32.6 Å². The van der Waals surface area contributed by atoms with Crippen LogP contribution in [-0.4, -0.2) is 50.8 Å². The van der Waals surface area contributed by atoms with Gasteiger partial charge in [0.25, 0.3) is 15.9 Å². The van der Waals surface area contributed by atoms with E-state index in [1.165, 1.54) is 15.9 Å². The Labute approximate surface area is 203 Å². The molecule has 2 aliphatic rings. The average Bonchev–Trinajstić information content (AvgIpc) is 3.38. The number of carbonyl (C=O) groups is 1. The molecule has 9 heteroatoms. The molecule has 178 valence electrons. The topological polar surface area (TPSA) is 76.1 Å². The molecule has 0 N–H and O–H groups in total. The molecule has 3 aromatic rings. The van der Waals surface area contributed by atoms with Crippen molar-refractivity contribution in [2.45, 2.75) is 30.1 Å². The van der Waals surface area contributed by atoms with Gasteiger partial charge in [-0.25, -0.2) is 8.42 Å². The van der Waals surface area contributed by atoms with Crippen LogP contribution in [0.3, 0.4) is 0 Å². The van der Waals surface area contributed by atoms with Crippen LogP contribution < -0.4 is 9.47 Å². The van der Waals surface area contributed by atoms with Gasteiger partial charge in [0, 0.05) is 31.6 Å². The van der Waals surface area contributed by atoms with Gasteiger partial charge in [-0.2, -0.15) is 4.31 Å². The minimum atomic E-state index is -3.66. The average molecular weight is 499 g/mol. The molecule has 0 aliphatic carbocycles. The standard InChI is InChI=1S/C25H26N2O5S2/c1-31-22-11-18-7-9-26(14-20(18)12-23(22)32-2)25(28)21-13-24(33-16-21)34(29,30)27-10-8-17-5-3-4-6-19(17)15-27/h3-6,11-13,16H,7-10,14-15H2,1-2H3. The molecule has 34 heavy (non-hydrogen) atoms. The molecule has 0 spiro atoms. The van der Waals surface area contributed by atoms with Gasteiger partial charge in [0.1, 0.15) is 4.21 Å². The fraction of sp³-hybridized carbons (Fsp3) is 0.320. The molecule has 0 saturated carbocycles. The highest BCUT2D eigenvalue weighted by Crippen LogP contribution is 2.34. The number of rotatable bonds is 5. The number of carbonyl (C=O) groups excluding carboxylic acids is 1. The molecule has 5 rings (SSSR count). The van der Waals surface area contributed by atoms with Crippen molar-refractivity contribution in [2.24, 2.45) is 0 Å². The van der Waals surface area contributed by atoms with Crippen molar-refractivity contribution in [1.82, 2.24) is 9.21 Å². The van der Waals surface area contributed by atoms with E-state index in [0.29, 0.717) is 56.1 Å². The Morgan fingerprint density at radius 1 is 0.882 bits per heavy atom. The van der Waals surface area contributed by atoms with E-state index >= 15 is 0 Å². The molecular formula is C25H26N2O5S2. The molecule has 7 nitrogen and oxygen atoms in total. The summed E-state index contributed by atoms with van der Waals surface area (Å²) >= 11 is 1.11. The van der Waals surface area contributed by atoms with Gasteiger partial charge in [0.15, 0.2) is 11.5 Å². The van der Waals surface area contributed by atoms with Gasteiger partial charge >= 0.3 is 0 Å². The third kappa shape index (κ3) is 4.08. The van der Waals surface area contributed by atoms with Crippen molar-refractivity contribution in [3.8, 4) is 11.5 Å². The van der Waals surface area contributed by atoms with Crippen LogP contribution in [-0.2, 0) is 36.0 Å². The number of nitrogens with zero attached hydrogens (tertiary/aromatic N) is 2. The molecule has 0 fully saturated rings. The number of sulfonamides is 1. The quantitative estimate of drug-likeness (QED) is 0.536. The predicted octanol–water partition coefficient (Wildman–Crippen LogP) is 3.71. The molecule has 3 heterocycles. The molecule has 0 saturated heterocycles. The fourth-order valence-corrected chi connectivity index (χ4v) is 7.33. The summed E-state index contributed by atoms with van der Waals surface area (Å²) in [5, 5.41) is 1.65. The fourth-order valence-electron chi connectivity index (χ4n) is 4.61. The van der Waals surface area contributed by atoms with E-state index in [1.807, 2.05) is 36.4 Å². The summed E-state index contributed by atoms with van der Waals surface area (Å²) in [4.78, 5) is 15.0. The van der Waals surface area contributed by atoms with Gasteiger partial charge in [-0.3, -0.25) is 4.79 Å². The molecule has 0 radical (unpaired) electrons. The molecule has 0 unspecified atom stereocenters. The summed E-state index contributed by atoms with van der Waals surface area (Å²) in [5.41, 5.74) is 4.76. The van der Waals surface area contributed by atoms with Gasteiger partial charge in [-0.05, 0) is 53.3 Å². The van der Waals surface area contributed by atoms with Crippen molar-refractivity contribution >= 4 is 27.3 Å². The third-order valence-electron chi connectivity index (χ3n) is 6.52. The van der Waals surface area contributed by atoms with Crippen LogP contribution in [0.15, 0.2) is 52.1 Å². The van der Waals surface area contributed by atoms with Gasteiger partial charge in [0.05, 0.1) is 19.8 Å². The first-order valence-electron chi connectivity index (χ1n) is 11.1. The molecule has 0 bridgehead atoms. The molecule has 2 aromatic carbocycles. The summed E-state index contributed by atoms with van der Waals surface area (Å²) in [6.45, 7) is 1.79. The van der Waals surface area contributed by atoms with E-state index in [0.717, 1.165) is 28.0 Å². The second-order valence-electron chi connectivity index (χ2n) is 8.46. The van der Waals surface area contributed by atoms with E-state index in [-0.39, 0.29) is 10.1 Å². The largest absolute Gasteiger partial charge is 0.493 e. The van der Waals surface area contributed by atoms with E-state index in [1.54, 1.807) is 24.5 Å². The van der Waals surface area contributed by atoms with Crippen molar-refractivity contribution in [3.63, 3.8) is 0 Å². The smallest absolute Gasteiger partial charge is 0.255 e. The summed E-state index contributed by atoms with van der Waals surface area (Å²) in [5.74, 6) is 1.14. The Morgan fingerprint density at radius 2 is 1.56 bits per heavy atom. The van der Waals surface area contributed by atoms with Crippen LogP contribution in [0.25, 0.3) is 0 Å². The van der Waals surface area contributed by atoms with E-state index in [4.69, 9.17) is 9.47 Å². The number of hydrogen-bond acceptors (Lipinski definition) is 6. The Kier molecular flexibility index (Phi) is 6.09. The number of hydrogen-bond donors (Lipinski definition) is 0. The van der Waals surface area contributed by atoms with Crippen molar-refractivity contribution < 1.29 is 22.7 Å². The lowest BCUT2D eigenvalue weighted by Gasteiger charge is -2.29. The maximum absolute atomic E-state index is 13.3. The summed E-state index contributed by atoms with van der Waals surface area (Å²) in [7, 11) is -0.470. The normalized spacial score (nSPS) is 16.0. The second kappa shape index (κ2) is 9.05. The van der Waals surface area contributed by atoms with E-state index in [2.05, 4.69) is 0 Å². The van der Waals surface area contributed by atoms with Crippen molar-refractivity contribution in [2.75, 3.05) is 27.3 Å². The van der Waals surface area contributed by atoms with Crippen LogP contribution in [0.2, 0.25) is 0 Å². The van der Waals surface area contributed by atoms with Crippen molar-refractivity contribution in [1.29, 1.82) is 0 Å². The molecule has 1 aromatic heterocycles.